The number of rotatable bonds is 1. The van der Waals surface area contributed by atoms with Gasteiger partial charge in [-0.15, -0.1) is 0 Å². The molecule has 0 amide bonds. The molecule has 2 heterocycles. The van der Waals surface area contributed by atoms with Crippen molar-refractivity contribution in [3.05, 3.63) is 30.1 Å². The lowest BCUT2D eigenvalue weighted by atomic mass is 10.0. The molecule has 1 aromatic heterocycles. The van der Waals surface area contributed by atoms with E-state index < -0.39 is 0 Å². The average molecular weight is 161 g/mol. The maximum absolute atomic E-state index is 5.66. The lowest BCUT2D eigenvalue weighted by Gasteiger charge is -2.05. The van der Waals surface area contributed by atoms with Gasteiger partial charge in [-0.25, -0.2) is 0 Å². The van der Waals surface area contributed by atoms with Gasteiger partial charge in [-0.1, -0.05) is 6.07 Å². The van der Waals surface area contributed by atoms with Crippen LogP contribution in [0.2, 0.25) is 0 Å². The lowest BCUT2D eigenvalue weighted by molar-refractivity contribution is 0.249. The number of pyridine rings is 1. The molecule has 12 heavy (non-hydrogen) atoms. The minimum Gasteiger partial charge on any atom is -0.359 e. The molecular formula is C10H11NO. The number of nitrogens with zero attached hydrogens (tertiary/aromatic N) is 1. The van der Waals surface area contributed by atoms with E-state index in [2.05, 4.69) is 11.1 Å². The predicted molar refractivity (Wildman–Crippen MR) is 44.6 cm³/mol. The van der Waals surface area contributed by atoms with E-state index in [0.717, 1.165) is 12.1 Å². The molecule has 1 saturated carbocycles. The zero-order valence-electron chi connectivity index (χ0n) is 6.86. The highest BCUT2D eigenvalue weighted by atomic mass is 16.6. The van der Waals surface area contributed by atoms with Gasteiger partial charge in [-0.3, -0.25) is 4.98 Å². The number of fused-ring (bicyclic) bond motifs is 1. The summed E-state index contributed by atoms with van der Waals surface area (Å²) in [7, 11) is 0. The van der Waals surface area contributed by atoms with Crippen molar-refractivity contribution in [2.24, 2.45) is 0 Å². The Labute approximate surface area is 71.6 Å². The summed E-state index contributed by atoms with van der Waals surface area (Å²) in [5.74, 6) is 0. The number of epoxide rings is 1. The van der Waals surface area contributed by atoms with Crippen LogP contribution < -0.4 is 0 Å². The van der Waals surface area contributed by atoms with Crippen molar-refractivity contribution in [3.8, 4) is 0 Å². The summed E-state index contributed by atoms with van der Waals surface area (Å²) in [6.45, 7) is 0. The molecule has 3 rings (SSSR count). The van der Waals surface area contributed by atoms with E-state index >= 15 is 0 Å². The summed E-state index contributed by atoms with van der Waals surface area (Å²) in [4.78, 5) is 4.35. The van der Waals surface area contributed by atoms with E-state index in [1.807, 2.05) is 18.3 Å². The molecule has 0 unspecified atom stereocenters. The van der Waals surface area contributed by atoms with Gasteiger partial charge >= 0.3 is 0 Å². The lowest BCUT2D eigenvalue weighted by Crippen LogP contribution is -2.08. The van der Waals surface area contributed by atoms with Gasteiger partial charge in [0.1, 0.15) is 5.60 Å². The fourth-order valence-electron chi connectivity index (χ4n) is 2.25. The van der Waals surface area contributed by atoms with Gasteiger partial charge in [0.2, 0.25) is 0 Å². The van der Waals surface area contributed by atoms with Crippen LogP contribution in [0.5, 0.6) is 0 Å². The van der Waals surface area contributed by atoms with E-state index in [1.165, 1.54) is 12.8 Å². The number of hydrogen-bond donors (Lipinski definition) is 0. The standard InChI is InChI=1S/C10H11NO/c1-2-7-11-8(4-1)10-6-3-5-9(10)12-10/h1-2,4,7,9H,3,5-6H2/t9-,10+/m1/s1. The van der Waals surface area contributed by atoms with Crippen LogP contribution >= 0.6 is 0 Å². The maximum atomic E-state index is 5.66. The molecule has 2 fully saturated rings. The number of hydrogen-bond acceptors (Lipinski definition) is 2. The van der Waals surface area contributed by atoms with E-state index in [4.69, 9.17) is 4.74 Å². The second kappa shape index (κ2) is 2.07. The third-order valence-corrected chi connectivity index (χ3v) is 2.93. The quantitative estimate of drug-likeness (QED) is 0.587. The van der Waals surface area contributed by atoms with Crippen LogP contribution in [-0.2, 0) is 10.3 Å². The highest BCUT2D eigenvalue weighted by Crippen LogP contribution is 2.56. The Hall–Kier alpha value is -0.890. The van der Waals surface area contributed by atoms with Gasteiger partial charge in [0, 0.05) is 6.20 Å². The zero-order valence-corrected chi connectivity index (χ0v) is 6.86. The molecule has 1 aliphatic heterocycles. The van der Waals surface area contributed by atoms with Crippen molar-refractivity contribution in [1.29, 1.82) is 0 Å². The van der Waals surface area contributed by atoms with E-state index in [1.54, 1.807) is 0 Å². The van der Waals surface area contributed by atoms with Crippen molar-refractivity contribution in [2.45, 2.75) is 31.0 Å². The summed E-state index contributed by atoms with van der Waals surface area (Å²) in [5, 5.41) is 0. The molecule has 0 aromatic carbocycles. The fraction of sp³-hybridized carbons (Fsp3) is 0.500. The molecule has 62 valence electrons. The Bertz CT molecular complexity index is 298. The molecule has 1 saturated heterocycles. The monoisotopic (exact) mass is 161 g/mol. The summed E-state index contributed by atoms with van der Waals surface area (Å²) >= 11 is 0. The van der Waals surface area contributed by atoms with Gasteiger partial charge in [-0.05, 0) is 31.4 Å². The molecule has 0 radical (unpaired) electrons. The molecule has 0 spiro atoms. The molecule has 2 aliphatic rings. The van der Waals surface area contributed by atoms with Crippen LogP contribution in [0.4, 0.5) is 0 Å². The third-order valence-electron chi connectivity index (χ3n) is 2.93. The first kappa shape index (κ1) is 6.61. The van der Waals surface area contributed by atoms with E-state index in [-0.39, 0.29) is 5.60 Å². The highest BCUT2D eigenvalue weighted by molar-refractivity contribution is 5.24. The molecule has 2 nitrogen and oxygen atoms in total. The van der Waals surface area contributed by atoms with Crippen molar-refractivity contribution >= 4 is 0 Å². The Morgan fingerprint density at radius 1 is 1.50 bits per heavy atom. The fourth-order valence-corrected chi connectivity index (χ4v) is 2.25. The minimum absolute atomic E-state index is 0.0429. The Balaban J connectivity index is 2.00. The number of aromatic nitrogens is 1. The Morgan fingerprint density at radius 3 is 3.08 bits per heavy atom. The largest absolute Gasteiger partial charge is 0.359 e. The van der Waals surface area contributed by atoms with E-state index in [9.17, 15) is 0 Å². The topological polar surface area (TPSA) is 25.4 Å². The zero-order chi connectivity index (χ0) is 8.02. The maximum Gasteiger partial charge on any atom is 0.136 e. The van der Waals surface area contributed by atoms with Crippen molar-refractivity contribution in [1.82, 2.24) is 4.98 Å². The molecule has 2 heteroatoms. The molecule has 2 atom stereocenters. The van der Waals surface area contributed by atoms with Crippen LogP contribution in [-0.4, -0.2) is 11.1 Å². The van der Waals surface area contributed by atoms with Crippen molar-refractivity contribution in [2.75, 3.05) is 0 Å². The highest BCUT2D eigenvalue weighted by Gasteiger charge is 2.61. The smallest absolute Gasteiger partial charge is 0.136 e. The normalized spacial score (nSPS) is 37.8. The average Bonchev–Trinajstić information content (AvgIpc) is 2.72. The second-order valence-electron chi connectivity index (χ2n) is 3.60. The second-order valence-corrected chi connectivity index (χ2v) is 3.60. The van der Waals surface area contributed by atoms with Crippen LogP contribution in [0.1, 0.15) is 25.0 Å². The molecule has 0 N–H and O–H groups in total. The number of ether oxygens (including phenoxy) is 1. The first-order valence-electron chi connectivity index (χ1n) is 4.51. The molecule has 1 aliphatic carbocycles. The molecule has 1 aromatic rings. The minimum atomic E-state index is 0.0429. The van der Waals surface area contributed by atoms with Crippen LogP contribution in [0, 0.1) is 0 Å². The van der Waals surface area contributed by atoms with Gasteiger partial charge in [0.15, 0.2) is 0 Å². The predicted octanol–water partition coefficient (Wildman–Crippen LogP) is 1.86. The van der Waals surface area contributed by atoms with Gasteiger partial charge in [-0.2, -0.15) is 0 Å². The Morgan fingerprint density at radius 2 is 2.50 bits per heavy atom. The summed E-state index contributed by atoms with van der Waals surface area (Å²) in [6, 6.07) is 6.06. The first-order valence-corrected chi connectivity index (χ1v) is 4.51. The Kier molecular flexibility index (Phi) is 1.14. The van der Waals surface area contributed by atoms with Gasteiger partial charge < -0.3 is 4.74 Å². The van der Waals surface area contributed by atoms with Crippen LogP contribution in [0.3, 0.4) is 0 Å². The van der Waals surface area contributed by atoms with Gasteiger partial charge in [0.05, 0.1) is 11.8 Å². The molecular weight excluding hydrogens is 150 g/mol. The van der Waals surface area contributed by atoms with Gasteiger partial charge in [0.25, 0.3) is 0 Å². The molecule has 0 bridgehead atoms. The van der Waals surface area contributed by atoms with Crippen LogP contribution in [0.15, 0.2) is 24.4 Å². The van der Waals surface area contributed by atoms with Crippen LogP contribution in [0.25, 0.3) is 0 Å². The SMILES string of the molecule is c1ccc([C@@]23CCC[C@H]2O3)nc1. The van der Waals surface area contributed by atoms with E-state index in [0.29, 0.717) is 6.10 Å². The summed E-state index contributed by atoms with van der Waals surface area (Å²) < 4.78 is 5.66. The van der Waals surface area contributed by atoms with Crippen molar-refractivity contribution < 1.29 is 4.74 Å². The third kappa shape index (κ3) is 0.707. The summed E-state index contributed by atoms with van der Waals surface area (Å²) in [6.07, 6.45) is 6.00. The first-order chi connectivity index (χ1) is 5.92. The summed E-state index contributed by atoms with van der Waals surface area (Å²) in [5.41, 5.74) is 1.17. The van der Waals surface area contributed by atoms with Crippen molar-refractivity contribution in [3.63, 3.8) is 0 Å².